The molecule has 0 heterocycles. The normalized spacial score (nSPS) is 11.5. The maximum atomic E-state index is 13.2. The second-order valence-corrected chi connectivity index (χ2v) is 5.11. The van der Waals surface area contributed by atoms with E-state index in [-0.39, 0.29) is 12.0 Å². The predicted octanol–water partition coefficient (Wildman–Crippen LogP) is 2.35. The van der Waals surface area contributed by atoms with Crippen LogP contribution in [0.5, 0.6) is 5.75 Å². The molecule has 0 aliphatic rings. The molecule has 1 atom stereocenters. The van der Waals surface area contributed by atoms with Crippen molar-refractivity contribution in [3.63, 3.8) is 0 Å². The van der Waals surface area contributed by atoms with Crippen LogP contribution in [0.3, 0.4) is 0 Å². The summed E-state index contributed by atoms with van der Waals surface area (Å²) in [4.78, 5) is 24.2. The minimum Gasteiger partial charge on any atom is -0.497 e. The Hall–Kier alpha value is -2.89. The summed E-state index contributed by atoms with van der Waals surface area (Å²) in [5.74, 6) is -0.946. The van der Waals surface area contributed by atoms with Crippen molar-refractivity contribution in [2.24, 2.45) is 0 Å². The van der Waals surface area contributed by atoms with Crippen LogP contribution < -0.4 is 10.1 Å². The Bertz CT molecular complexity index is 715. The zero-order valence-electron chi connectivity index (χ0n) is 13.4. The number of rotatable bonds is 6. The summed E-state index contributed by atoms with van der Waals surface area (Å²) in [5.41, 5.74) is 0.962. The molecule has 0 aliphatic heterocycles. The molecule has 1 N–H and O–H groups in total. The minimum absolute atomic E-state index is 0.138. The van der Waals surface area contributed by atoms with Gasteiger partial charge in [-0.2, -0.15) is 0 Å². The van der Waals surface area contributed by atoms with Crippen molar-refractivity contribution in [2.75, 3.05) is 14.2 Å². The summed E-state index contributed by atoms with van der Waals surface area (Å²) in [6.07, 6.45) is 0.248. The number of hydrogen-bond donors (Lipinski definition) is 1. The molecule has 0 saturated heterocycles. The van der Waals surface area contributed by atoms with Crippen LogP contribution in [-0.2, 0) is 16.0 Å². The number of benzene rings is 2. The number of nitrogens with one attached hydrogen (secondary N) is 1. The highest BCUT2D eigenvalue weighted by molar-refractivity contribution is 5.96. The van der Waals surface area contributed by atoms with Crippen LogP contribution in [0.1, 0.15) is 15.9 Å². The third-order valence-corrected chi connectivity index (χ3v) is 3.48. The Labute approximate surface area is 139 Å². The maximum Gasteiger partial charge on any atom is 0.328 e. The fraction of sp³-hybridized carbons (Fsp3) is 0.222. The molecule has 126 valence electrons. The molecule has 0 aliphatic carbocycles. The van der Waals surface area contributed by atoms with Gasteiger partial charge in [-0.1, -0.05) is 18.2 Å². The summed E-state index contributed by atoms with van der Waals surface area (Å²) < 4.78 is 23.0. The summed E-state index contributed by atoms with van der Waals surface area (Å²) >= 11 is 0. The van der Waals surface area contributed by atoms with Gasteiger partial charge >= 0.3 is 5.97 Å². The van der Waals surface area contributed by atoms with Gasteiger partial charge in [0.25, 0.3) is 5.91 Å². The van der Waals surface area contributed by atoms with Crippen LogP contribution in [0.15, 0.2) is 48.5 Å². The van der Waals surface area contributed by atoms with Crippen LogP contribution in [0, 0.1) is 5.82 Å². The Kier molecular flexibility index (Phi) is 5.89. The van der Waals surface area contributed by atoms with E-state index in [9.17, 15) is 14.0 Å². The van der Waals surface area contributed by atoms with E-state index in [0.29, 0.717) is 5.75 Å². The first-order valence-electron chi connectivity index (χ1n) is 7.30. The third-order valence-electron chi connectivity index (χ3n) is 3.48. The van der Waals surface area contributed by atoms with E-state index in [1.165, 1.54) is 25.3 Å². The Morgan fingerprint density at radius 3 is 2.42 bits per heavy atom. The molecule has 0 radical (unpaired) electrons. The number of halogens is 1. The van der Waals surface area contributed by atoms with Crippen molar-refractivity contribution in [1.82, 2.24) is 5.32 Å². The first-order valence-corrected chi connectivity index (χ1v) is 7.30. The van der Waals surface area contributed by atoms with E-state index < -0.39 is 23.7 Å². The number of amides is 1. The van der Waals surface area contributed by atoms with Crippen molar-refractivity contribution in [1.29, 1.82) is 0 Å². The molecule has 2 aromatic rings. The van der Waals surface area contributed by atoms with E-state index >= 15 is 0 Å². The molecular formula is C18H18FNO4. The van der Waals surface area contributed by atoms with Gasteiger partial charge < -0.3 is 14.8 Å². The molecule has 0 saturated carbocycles. The number of carbonyl (C=O) groups excluding carboxylic acids is 2. The highest BCUT2D eigenvalue weighted by Crippen LogP contribution is 2.13. The summed E-state index contributed by atoms with van der Waals surface area (Å²) in [6, 6.07) is 11.5. The number of ether oxygens (including phenoxy) is 2. The van der Waals surface area contributed by atoms with Gasteiger partial charge in [0, 0.05) is 12.0 Å². The van der Waals surface area contributed by atoms with E-state index in [0.717, 1.165) is 11.6 Å². The molecular weight excluding hydrogens is 313 g/mol. The summed E-state index contributed by atoms with van der Waals surface area (Å²) in [7, 11) is 2.81. The van der Waals surface area contributed by atoms with Crippen LogP contribution in [0.2, 0.25) is 0 Å². The zero-order chi connectivity index (χ0) is 17.5. The molecule has 2 aromatic carbocycles. The molecule has 1 amide bonds. The average Bonchev–Trinajstić information content (AvgIpc) is 2.61. The van der Waals surface area contributed by atoms with Gasteiger partial charge in [0.2, 0.25) is 0 Å². The fourth-order valence-electron chi connectivity index (χ4n) is 2.20. The molecule has 0 bridgehead atoms. The van der Waals surface area contributed by atoms with E-state index in [2.05, 4.69) is 5.32 Å². The third kappa shape index (κ3) is 4.55. The van der Waals surface area contributed by atoms with Gasteiger partial charge in [-0.05, 0) is 35.9 Å². The topological polar surface area (TPSA) is 64.6 Å². The monoisotopic (exact) mass is 331 g/mol. The SMILES string of the molecule is COC(=O)[C@H](Cc1ccc(OC)cc1)NC(=O)c1cccc(F)c1. The summed E-state index contributed by atoms with van der Waals surface area (Å²) in [6.45, 7) is 0. The highest BCUT2D eigenvalue weighted by Gasteiger charge is 2.22. The van der Waals surface area contributed by atoms with Gasteiger partial charge in [0.15, 0.2) is 0 Å². The second kappa shape index (κ2) is 8.10. The average molecular weight is 331 g/mol. The lowest BCUT2D eigenvalue weighted by atomic mass is 10.1. The fourth-order valence-corrected chi connectivity index (χ4v) is 2.20. The minimum atomic E-state index is -0.876. The lowest BCUT2D eigenvalue weighted by Gasteiger charge is -2.17. The molecule has 0 aromatic heterocycles. The first-order chi connectivity index (χ1) is 11.5. The molecule has 2 rings (SSSR count). The molecule has 0 fully saturated rings. The van der Waals surface area contributed by atoms with Crippen LogP contribution in [0.25, 0.3) is 0 Å². The lowest BCUT2D eigenvalue weighted by molar-refractivity contribution is -0.142. The number of methoxy groups -OCH3 is 2. The van der Waals surface area contributed by atoms with Crippen LogP contribution >= 0.6 is 0 Å². The lowest BCUT2D eigenvalue weighted by Crippen LogP contribution is -2.43. The quantitative estimate of drug-likeness (QED) is 0.825. The molecule has 24 heavy (non-hydrogen) atoms. The Morgan fingerprint density at radius 1 is 1.12 bits per heavy atom. The van der Waals surface area contributed by atoms with E-state index in [1.807, 2.05) is 0 Å². The summed E-state index contributed by atoms with van der Waals surface area (Å²) in [5, 5.41) is 2.58. The van der Waals surface area contributed by atoms with Crippen LogP contribution in [-0.4, -0.2) is 32.1 Å². The van der Waals surface area contributed by atoms with E-state index in [1.54, 1.807) is 31.4 Å². The van der Waals surface area contributed by atoms with Crippen molar-refractivity contribution < 1.29 is 23.5 Å². The van der Waals surface area contributed by atoms with Gasteiger partial charge in [0.05, 0.1) is 14.2 Å². The second-order valence-electron chi connectivity index (χ2n) is 5.11. The van der Waals surface area contributed by atoms with Crippen molar-refractivity contribution >= 4 is 11.9 Å². The molecule has 0 spiro atoms. The van der Waals surface area contributed by atoms with E-state index in [4.69, 9.17) is 9.47 Å². The van der Waals surface area contributed by atoms with Gasteiger partial charge in [-0.15, -0.1) is 0 Å². The number of hydrogen-bond acceptors (Lipinski definition) is 4. The smallest absolute Gasteiger partial charge is 0.328 e. The maximum absolute atomic E-state index is 13.2. The van der Waals surface area contributed by atoms with Gasteiger partial charge in [-0.3, -0.25) is 4.79 Å². The number of carbonyl (C=O) groups is 2. The standard InChI is InChI=1S/C18H18FNO4/c1-23-15-8-6-12(7-9-15)10-16(18(22)24-2)20-17(21)13-4-3-5-14(19)11-13/h3-9,11,16H,10H2,1-2H3,(H,20,21)/t16-/m0/s1. The van der Waals surface area contributed by atoms with Crippen LogP contribution in [0.4, 0.5) is 4.39 Å². The molecule has 0 unspecified atom stereocenters. The zero-order valence-corrected chi connectivity index (χ0v) is 13.4. The van der Waals surface area contributed by atoms with Gasteiger partial charge in [0.1, 0.15) is 17.6 Å². The van der Waals surface area contributed by atoms with Gasteiger partial charge in [-0.25, -0.2) is 9.18 Å². The first kappa shape index (κ1) is 17.5. The van der Waals surface area contributed by atoms with Crippen molar-refractivity contribution in [3.8, 4) is 5.75 Å². The Balaban J connectivity index is 2.12. The number of esters is 1. The largest absolute Gasteiger partial charge is 0.497 e. The van der Waals surface area contributed by atoms with Crippen molar-refractivity contribution in [2.45, 2.75) is 12.5 Å². The molecule has 5 nitrogen and oxygen atoms in total. The Morgan fingerprint density at radius 2 is 1.83 bits per heavy atom. The predicted molar refractivity (Wildman–Crippen MR) is 86.4 cm³/mol. The van der Waals surface area contributed by atoms with Crippen molar-refractivity contribution in [3.05, 3.63) is 65.5 Å². The molecule has 6 heteroatoms. The highest BCUT2D eigenvalue weighted by atomic mass is 19.1.